The van der Waals surface area contributed by atoms with Crippen LogP contribution < -0.4 is 0 Å². The van der Waals surface area contributed by atoms with Gasteiger partial charge in [-0.3, -0.25) is 9.59 Å². The van der Waals surface area contributed by atoms with Gasteiger partial charge in [-0.25, -0.2) is 0 Å². The van der Waals surface area contributed by atoms with E-state index in [-0.39, 0.29) is 11.9 Å². The van der Waals surface area contributed by atoms with Crippen LogP contribution in [0.4, 0.5) is 0 Å². The van der Waals surface area contributed by atoms with Crippen molar-refractivity contribution in [2.75, 3.05) is 0 Å². The summed E-state index contributed by atoms with van der Waals surface area (Å²) in [6, 6.07) is 0. The number of hydrogen-bond acceptors (Lipinski definition) is 3. The van der Waals surface area contributed by atoms with Crippen molar-refractivity contribution in [3.8, 4) is 0 Å². The third kappa shape index (κ3) is 12.3. The second-order valence-corrected chi connectivity index (χ2v) is 8.14. The number of esters is 2. The van der Waals surface area contributed by atoms with E-state index in [1.54, 1.807) is 0 Å². The van der Waals surface area contributed by atoms with E-state index in [0.717, 1.165) is 38.5 Å². The van der Waals surface area contributed by atoms with Gasteiger partial charge in [0.1, 0.15) is 0 Å². The number of carbonyl (C=O) groups excluding carboxylic acids is 2. The van der Waals surface area contributed by atoms with Crippen molar-refractivity contribution in [2.45, 2.75) is 137 Å². The van der Waals surface area contributed by atoms with Gasteiger partial charge in [0.05, 0.1) is 5.41 Å². The van der Waals surface area contributed by atoms with Crippen molar-refractivity contribution in [3.05, 3.63) is 0 Å². The zero-order chi connectivity index (χ0) is 20.4. The molecule has 0 N–H and O–H groups in total. The number of hydrogen-bond donors (Lipinski definition) is 0. The highest BCUT2D eigenvalue weighted by Gasteiger charge is 2.37. The second kappa shape index (κ2) is 17.3. The molecule has 0 aromatic rings. The fraction of sp³-hybridized carbons (Fsp3) is 0.917. The molecule has 0 saturated carbocycles. The molecule has 0 atom stereocenters. The molecule has 0 aromatic carbocycles. The topological polar surface area (TPSA) is 43.4 Å². The van der Waals surface area contributed by atoms with Crippen molar-refractivity contribution < 1.29 is 14.3 Å². The first-order valence-corrected chi connectivity index (χ1v) is 11.8. The Morgan fingerprint density at radius 1 is 0.630 bits per heavy atom. The number of carbonyl (C=O) groups is 2. The van der Waals surface area contributed by atoms with Gasteiger partial charge in [0, 0.05) is 6.42 Å². The lowest BCUT2D eigenvalue weighted by atomic mass is 9.77. The van der Waals surface area contributed by atoms with Crippen molar-refractivity contribution in [1.29, 1.82) is 0 Å². The predicted molar refractivity (Wildman–Crippen MR) is 115 cm³/mol. The van der Waals surface area contributed by atoms with Gasteiger partial charge in [-0.05, 0) is 25.7 Å². The maximum Gasteiger partial charge on any atom is 0.319 e. The molecular weight excluding hydrogens is 336 g/mol. The fourth-order valence-electron chi connectivity index (χ4n) is 3.73. The first-order valence-electron chi connectivity index (χ1n) is 11.8. The summed E-state index contributed by atoms with van der Waals surface area (Å²) in [5.41, 5.74) is -0.472. The van der Waals surface area contributed by atoms with Gasteiger partial charge in [0.15, 0.2) is 0 Å². The lowest BCUT2D eigenvalue weighted by molar-refractivity contribution is -0.168. The Morgan fingerprint density at radius 2 is 1.07 bits per heavy atom. The first-order chi connectivity index (χ1) is 13.1. The Bertz CT molecular complexity index is 372. The van der Waals surface area contributed by atoms with E-state index in [1.165, 1.54) is 64.2 Å². The highest BCUT2D eigenvalue weighted by Crippen LogP contribution is 2.34. The van der Waals surface area contributed by atoms with Crippen LogP contribution in [-0.4, -0.2) is 11.9 Å². The molecule has 160 valence electrons. The Kier molecular flexibility index (Phi) is 16.7. The van der Waals surface area contributed by atoms with Gasteiger partial charge in [-0.15, -0.1) is 0 Å². The van der Waals surface area contributed by atoms with E-state index in [4.69, 9.17) is 4.74 Å². The third-order valence-corrected chi connectivity index (χ3v) is 5.99. The van der Waals surface area contributed by atoms with Crippen LogP contribution in [-0.2, 0) is 14.3 Å². The molecule has 0 unspecified atom stereocenters. The molecule has 0 amide bonds. The van der Waals surface area contributed by atoms with Crippen LogP contribution in [0.25, 0.3) is 0 Å². The van der Waals surface area contributed by atoms with Crippen LogP contribution >= 0.6 is 0 Å². The normalized spacial score (nSPS) is 11.6. The van der Waals surface area contributed by atoms with Gasteiger partial charge in [-0.1, -0.05) is 105 Å². The minimum Gasteiger partial charge on any atom is -0.393 e. The van der Waals surface area contributed by atoms with Crippen LogP contribution in [0.1, 0.15) is 137 Å². The lowest BCUT2D eigenvalue weighted by Gasteiger charge is -2.28. The number of rotatable bonds is 18. The first kappa shape index (κ1) is 26.1. The lowest BCUT2D eigenvalue weighted by Crippen LogP contribution is -2.33. The second-order valence-electron chi connectivity index (χ2n) is 8.14. The zero-order valence-electron chi connectivity index (χ0n) is 18.7. The Hall–Kier alpha value is -0.860. The average Bonchev–Trinajstić information content (AvgIpc) is 2.67. The van der Waals surface area contributed by atoms with E-state index in [9.17, 15) is 9.59 Å². The summed E-state index contributed by atoms with van der Waals surface area (Å²) in [6.45, 7) is 8.52. The van der Waals surface area contributed by atoms with Crippen molar-refractivity contribution in [2.24, 2.45) is 5.41 Å². The molecule has 0 radical (unpaired) electrons. The van der Waals surface area contributed by atoms with Crippen molar-refractivity contribution >= 4 is 11.9 Å². The van der Waals surface area contributed by atoms with Crippen LogP contribution in [0, 0.1) is 5.41 Å². The fourth-order valence-corrected chi connectivity index (χ4v) is 3.73. The zero-order valence-corrected chi connectivity index (χ0v) is 18.7. The van der Waals surface area contributed by atoms with Gasteiger partial charge >= 0.3 is 11.9 Å². The summed E-state index contributed by atoms with van der Waals surface area (Å²) < 4.78 is 5.26. The van der Waals surface area contributed by atoms with E-state index in [2.05, 4.69) is 13.8 Å². The van der Waals surface area contributed by atoms with Crippen LogP contribution in [0.15, 0.2) is 0 Å². The van der Waals surface area contributed by atoms with Crippen LogP contribution in [0.5, 0.6) is 0 Å². The quantitative estimate of drug-likeness (QED) is 0.138. The molecule has 3 heteroatoms. The summed E-state index contributed by atoms with van der Waals surface area (Å²) in [4.78, 5) is 24.7. The molecule has 0 bridgehead atoms. The maximum atomic E-state index is 12.7. The average molecular weight is 383 g/mol. The molecule has 0 aliphatic rings. The summed E-state index contributed by atoms with van der Waals surface area (Å²) >= 11 is 0. The molecule has 0 aromatic heterocycles. The Labute approximate surface area is 169 Å². The van der Waals surface area contributed by atoms with E-state index in [0.29, 0.717) is 6.42 Å². The van der Waals surface area contributed by atoms with Gasteiger partial charge in [0.2, 0.25) is 0 Å². The highest BCUT2D eigenvalue weighted by atomic mass is 16.6. The molecule has 0 aliphatic heterocycles. The van der Waals surface area contributed by atoms with E-state index in [1.807, 2.05) is 13.8 Å². The SMILES string of the molecule is CCCCCCCCCC(=O)OC(=O)C(CC)(CC)CCCCCCCC. The minimum absolute atomic E-state index is 0.283. The molecule has 0 saturated heterocycles. The summed E-state index contributed by atoms with van der Waals surface area (Å²) in [6.07, 6.45) is 18.1. The molecule has 0 heterocycles. The summed E-state index contributed by atoms with van der Waals surface area (Å²) in [7, 11) is 0. The number of unbranched alkanes of at least 4 members (excludes halogenated alkanes) is 11. The maximum absolute atomic E-state index is 12.7. The molecule has 0 rings (SSSR count). The monoisotopic (exact) mass is 382 g/mol. The van der Waals surface area contributed by atoms with Crippen molar-refractivity contribution in [1.82, 2.24) is 0 Å². The van der Waals surface area contributed by atoms with Gasteiger partial charge in [0.25, 0.3) is 0 Å². The molecule has 27 heavy (non-hydrogen) atoms. The largest absolute Gasteiger partial charge is 0.393 e. The Balaban J connectivity index is 4.15. The summed E-state index contributed by atoms with van der Waals surface area (Å²) in [5, 5.41) is 0. The summed E-state index contributed by atoms with van der Waals surface area (Å²) in [5.74, 6) is -0.614. The van der Waals surface area contributed by atoms with Crippen molar-refractivity contribution in [3.63, 3.8) is 0 Å². The van der Waals surface area contributed by atoms with Crippen LogP contribution in [0.3, 0.4) is 0 Å². The highest BCUT2D eigenvalue weighted by molar-refractivity contribution is 5.88. The van der Waals surface area contributed by atoms with Gasteiger partial charge < -0.3 is 4.74 Å². The minimum atomic E-state index is -0.472. The Morgan fingerprint density at radius 3 is 1.56 bits per heavy atom. The third-order valence-electron chi connectivity index (χ3n) is 5.99. The van der Waals surface area contributed by atoms with Gasteiger partial charge in [-0.2, -0.15) is 0 Å². The van der Waals surface area contributed by atoms with Crippen LogP contribution in [0.2, 0.25) is 0 Å². The standard InChI is InChI=1S/C24H46O3/c1-5-9-11-13-15-16-18-20-22(25)27-23(26)24(7-3,8-4)21-19-17-14-12-10-6-2/h5-21H2,1-4H3. The molecule has 0 fully saturated rings. The molecule has 3 nitrogen and oxygen atoms in total. The molecule has 0 spiro atoms. The molecular formula is C24H46O3. The predicted octanol–water partition coefficient (Wildman–Crippen LogP) is 7.75. The number of ether oxygens (including phenoxy) is 1. The molecule has 0 aliphatic carbocycles. The smallest absolute Gasteiger partial charge is 0.319 e. The van der Waals surface area contributed by atoms with E-state index < -0.39 is 5.41 Å². The van der Waals surface area contributed by atoms with E-state index >= 15 is 0 Å².